The lowest BCUT2D eigenvalue weighted by Gasteiger charge is -2.07. The molecule has 0 aliphatic heterocycles. The van der Waals surface area contributed by atoms with Crippen molar-refractivity contribution >= 4 is 27.8 Å². The molecule has 4 nitrogen and oxygen atoms in total. The van der Waals surface area contributed by atoms with E-state index in [-0.39, 0.29) is 5.56 Å². The summed E-state index contributed by atoms with van der Waals surface area (Å²) in [6.07, 6.45) is 0. The molecule has 2 aromatic carbocycles. The number of ether oxygens (including phenoxy) is 1. The molecule has 1 amide bonds. The molecule has 0 heterocycles. The quantitative estimate of drug-likeness (QED) is 0.828. The normalized spacial score (nSPS) is 10.1. The van der Waals surface area contributed by atoms with Gasteiger partial charge in [-0.1, -0.05) is 34.1 Å². The van der Waals surface area contributed by atoms with Gasteiger partial charge in [0.25, 0.3) is 5.91 Å². The van der Waals surface area contributed by atoms with E-state index >= 15 is 0 Å². The van der Waals surface area contributed by atoms with Gasteiger partial charge in [0.2, 0.25) is 0 Å². The Balaban J connectivity index is 1.78. The van der Waals surface area contributed by atoms with Crippen LogP contribution in [0.3, 0.4) is 0 Å². The molecule has 0 bridgehead atoms. The minimum atomic E-state index is -0.738. The van der Waals surface area contributed by atoms with Crippen LogP contribution in [0.15, 0.2) is 53.0 Å². The van der Waals surface area contributed by atoms with Crippen molar-refractivity contribution in [2.24, 2.45) is 0 Å². The Hall–Kier alpha value is -2.21. The number of esters is 1. The van der Waals surface area contributed by atoms with Gasteiger partial charge in [-0.25, -0.2) is 9.18 Å². The van der Waals surface area contributed by atoms with Crippen LogP contribution in [0.1, 0.15) is 15.9 Å². The van der Waals surface area contributed by atoms with E-state index in [0.29, 0.717) is 6.54 Å². The number of amides is 1. The third-order valence-corrected chi connectivity index (χ3v) is 3.33. The lowest BCUT2D eigenvalue weighted by molar-refractivity contribution is -0.124. The van der Waals surface area contributed by atoms with Crippen molar-refractivity contribution in [3.8, 4) is 0 Å². The Labute approximate surface area is 135 Å². The minimum absolute atomic E-state index is 0.0701. The fourth-order valence-electron chi connectivity index (χ4n) is 1.68. The summed E-state index contributed by atoms with van der Waals surface area (Å²) in [7, 11) is 0. The molecule has 2 rings (SSSR count). The van der Waals surface area contributed by atoms with E-state index in [9.17, 15) is 14.0 Å². The summed E-state index contributed by atoms with van der Waals surface area (Å²) in [4.78, 5) is 23.3. The summed E-state index contributed by atoms with van der Waals surface area (Å²) >= 11 is 3.32. The average molecular weight is 366 g/mol. The van der Waals surface area contributed by atoms with Crippen molar-refractivity contribution in [3.05, 3.63) is 69.9 Å². The van der Waals surface area contributed by atoms with Gasteiger partial charge in [0.05, 0.1) is 5.56 Å². The van der Waals surface area contributed by atoms with E-state index in [2.05, 4.69) is 21.2 Å². The Morgan fingerprint density at radius 3 is 2.55 bits per heavy atom. The molecule has 0 spiro atoms. The highest BCUT2D eigenvalue weighted by molar-refractivity contribution is 9.10. The molecule has 22 heavy (non-hydrogen) atoms. The summed E-state index contributed by atoms with van der Waals surface area (Å²) in [6, 6.07) is 12.6. The first-order valence-electron chi connectivity index (χ1n) is 6.48. The van der Waals surface area contributed by atoms with Crippen molar-refractivity contribution in [1.29, 1.82) is 0 Å². The van der Waals surface area contributed by atoms with Gasteiger partial charge < -0.3 is 10.1 Å². The van der Waals surface area contributed by atoms with Crippen LogP contribution in [-0.2, 0) is 16.1 Å². The molecule has 0 aliphatic carbocycles. The highest BCUT2D eigenvalue weighted by atomic mass is 79.9. The SMILES string of the molecule is O=C(COC(=O)c1cccc(F)c1)NCc1ccc(Br)cc1. The van der Waals surface area contributed by atoms with Crippen LogP contribution in [-0.4, -0.2) is 18.5 Å². The fourth-order valence-corrected chi connectivity index (χ4v) is 1.95. The second kappa shape index (κ2) is 7.70. The molecule has 1 N–H and O–H groups in total. The summed E-state index contributed by atoms with van der Waals surface area (Å²) in [5.74, 6) is -1.69. The van der Waals surface area contributed by atoms with E-state index < -0.39 is 24.3 Å². The number of hydrogen-bond donors (Lipinski definition) is 1. The van der Waals surface area contributed by atoms with Crippen LogP contribution in [0.5, 0.6) is 0 Å². The zero-order valence-corrected chi connectivity index (χ0v) is 13.1. The van der Waals surface area contributed by atoms with Crippen molar-refractivity contribution in [2.45, 2.75) is 6.54 Å². The number of carbonyl (C=O) groups excluding carboxylic acids is 2. The maximum Gasteiger partial charge on any atom is 0.338 e. The van der Waals surface area contributed by atoms with Gasteiger partial charge in [0, 0.05) is 11.0 Å². The Morgan fingerprint density at radius 1 is 1.14 bits per heavy atom. The molecule has 0 saturated heterocycles. The predicted molar refractivity (Wildman–Crippen MR) is 82.7 cm³/mol. The van der Waals surface area contributed by atoms with Gasteiger partial charge in [-0.2, -0.15) is 0 Å². The largest absolute Gasteiger partial charge is 0.452 e. The highest BCUT2D eigenvalue weighted by Crippen LogP contribution is 2.10. The van der Waals surface area contributed by atoms with Crippen LogP contribution < -0.4 is 5.32 Å². The number of benzene rings is 2. The molecule has 0 atom stereocenters. The number of halogens is 2. The topological polar surface area (TPSA) is 55.4 Å². The summed E-state index contributed by atoms with van der Waals surface area (Å²) < 4.78 is 18.8. The molecule has 0 fully saturated rings. The van der Waals surface area contributed by atoms with Crippen LogP contribution in [0, 0.1) is 5.82 Å². The molecule has 2 aromatic rings. The summed E-state index contributed by atoms with van der Waals surface area (Å²) in [6.45, 7) is -0.0739. The van der Waals surface area contributed by atoms with Crippen molar-refractivity contribution in [1.82, 2.24) is 5.32 Å². The minimum Gasteiger partial charge on any atom is -0.452 e. The maximum atomic E-state index is 13.0. The van der Waals surface area contributed by atoms with E-state index in [4.69, 9.17) is 4.74 Å². The molecule has 0 unspecified atom stereocenters. The monoisotopic (exact) mass is 365 g/mol. The molecule has 0 radical (unpaired) electrons. The molecule has 0 aromatic heterocycles. The van der Waals surface area contributed by atoms with E-state index in [0.717, 1.165) is 16.1 Å². The first-order valence-corrected chi connectivity index (χ1v) is 7.28. The Kier molecular flexibility index (Phi) is 5.66. The molecule has 0 saturated carbocycles. The third kappa shape index (κ3) is 4.96. The first-order chi connectivity index (χ1) is 10.5. The fraction of sp³-hybridized carbons (Fsp3) is 0.125. The molecular weight excluding hydrogens is 353 g/mol. The number of hydrogen-bond acceptors (Lipinski definition) is 3. The van der Waals surface area contributed by atoms with Gasteiger partial charge in [-0.15, -0.1) is 0 Å². The van der Waals surface area contributed by atoms with Gasteiger partial charge >= 0.3 is 5.97 Å². The molecule has 6 heteroatoms. The smallest absolute Gasteiger partial charge is 0.338 e. The zero-order chi connectivity index (χ0) is 15.9. The van der Waals surface area contributed by atoms with Gasteiger partial charge in [0.1, 0.15) is 5.82 Å². The van der Waals surface area contributed by atoms with Crippen LogP contribution >= 0.6 is 15.9 Å². The molecular formula is C16H13BrFNO3. The molecule has 0 aliphatic rings. The predicted octanol–water partition coefficient (Wildman–Crippen LogP) is 3.06. The lowest BCUT2D eigenvalue weighted by Crippen LogP contribution is -2.28. The van der Waals surface area contributed by atoms with Crippen molar-refractivity contribution in [2.75, 3.05) is 6.61 Å². The van der Waals surface area contributed by atoms with Gasteiger partial charge in [0.15, 0.2) is 6.61 Å². The zero-order valence-electron chi connectivity index (χ0n) is 11.5. The standard InChI is InChI=1S/C16H13BrFNO3/c17-13-6-4-11(5-7-13)9-19-15(20)10-22-16(21)12-2-1-3-14(18)8-12/h1-8H,9-10H2,(H,19,20). The van der Waals surface area contributed by atoms with E-state index in [1.165, 1.54) is 18.2 Å². The summed E-state index contributed by atoms with van der Waals surface area (Å²) in [5, 5.41) is 2.63. The molecule has 114 valence electrons. The van der Waals surface area contributed by atoms with Crippen LogP contribution in [0.4, 0.5) is 4.39 Å². The first kappa shape index (κ1) is 16.2. The second-order valence-electron chi connectivity index (χ2n) is 4.49. The highest BCUT2D eigenvalue weighted by Gasteiger charge is 2.10. The van der Waals surface area contributed by atoms with Gasteiger partial charge in [-0.05, 0) is 35.9 Å². The van der Waals surface area contributed by atoms with E-state index in [1.54, 1.807) is 0 Å². The lowest BCUT2D eigenvalue weighted by atomic mass is 10.2. The second-order valence-corrected chi connectivity index (χ2v) is 5.41. The Bertz CT molecular complexity index is 673. The summed E-state index contributed by atoms with van der Waals surface area (Å²) in [5.41, 5.74) is 0.994. The third-order valence-electron chi connectivity index (χ3n) is 2.80. The maximum absolute atomic E-state index is 13.0. The van der Waals surface area contributed by atoms with Crippen molar-refractivity contribution in [3.63, 3.8) is 0 Å². The Morgan fingerprint density at radius 2 is 1.86 bits per heavy atom. The number of carbonyl (C=O) groups is 2. The average Bonchev–Trinajstić information content (AvgIpc) is 2.52. The van der Waals surface area contributed by atoms with Crippen LogP contribution in [0.25, 0.3) is 0 Å². The van der Waals surface area contributed by atoms with Gasteiger partial charge in [-0.3, -0.25) is 4.79 Å². The number of rotatable bonds is 5. The van der Waals surface area contributed by atoms with Crippen LogP contribution in [0.2, 0.25) is 0 Å². The number of nitrogens with one attached hydrogen (secondary N) is 1. The van der Waals surface area contributed by atoms with E-state index in [1.807, 2.05) is 24.3 Å². The van der Waals surface area contributed by atoms with Crippen molar-refractivity contribution < 1.29 is 18.7 Å².